The Balaban J connectivity index is 1.99. The molecule has 0 aromatic rings. The maximum Gasteiger partial charge on any atom is 0.0196 e. The van der Waals surface area contributed by atoms with Gasteiger partial charge in [-0.25, -0.2) is 0 Å². The minimum absolute atomic E-state index is 0.387. The van der Waals surface area contributed by atoms with E-state index in [9.17, 15) is 0 Å². The van der Waals surface area contributed by atoms with Crippen molar-refractivity contribution in [1.29, 1.82) is 0 Å². The molecule has 0 unspecified atom stereocenters. The maximum atomic E-state index is 2.44. The number of hydrogen-bond acceptors (Lipinski definition) is 0. The number of rotatable bonds is 2. The van der Waals surface area contributed by atoms with Crippen molar-refractivity contribution >= 4 is 0 Å². The highest BCUT2D eigenvalue weighted by Crippen LogP contribution is 2.51. The zero-order chi connectivity index (χ0) is 10.8. The van der Waals surface area contributed by atoms with E-state index in [4.69, 9.17) is 0 Å². The predicted molar refractivity (Wildman–Crippen MR) is 69.2 cm³/mol. The van der Waals surface area contributed by atoms with Gasteiger partial charge in [-0.3, -0.25) is 0 Å². The molecule has 0 spiro atoms. The molecule has 0 atom stereocenters. The standard InChI is InChI=1S/C16H20/c1-6-12-16(13-7-1,14-8-2-3-9-14)15-10-4-5-11-15/h2,4,8-11H,1,3,5-7,12-13H2. The fourth-order valence-electron chi connectivity index (χ4n) is 3.53. The fourth-order valence-corrected chi connectivity index (χ4v) is 3.53. The van der Waals surface area contributed by atoms with Crippen molar-refractivity contribution in [3.8, 4) is 0 Å². The van der Waals surface area contributed by atoms with Crippen molar-refractivity contribution in [3.05, 3.63) is 47.6 Å². The van der Waals surface area contributed by atoms with Gasteiger partial charge in [0.15, 0.2) is 0 Å². The van der Waals surface area contributed by atoms with Crippen LogP contribution in [-0.2, 0) is 0 Å². The molecular weight excluding hydrogens is 192 g/mol. The Bertz CT molecular complexity index is 352. The summed E-state index contributed by atoms with van der Waals surface area (Å²) in [6.45, 7) is 0. The molecule has 0 heteroatoms. The average Bonchev–Trinajstić information content (AvgIpc) is 3.04. The summed E-state index contributed by atoms with van der Waals surface area (Å²) in [5.74, 6) is 0. The molecule has 84 valence electrons. The van der Waals surface area contributed by atoms with Crippen LogP contribution in [0.5, 0.6) is 0 Å². The minimum atomic E-state index is 0.387. The Morgan fingerprint density at radius 3 is 1.75 bits per heavy atom. The first-order chi connectivity index (χ1) is 7.92. The minimum Gasteiger partial charge on any atom is -0.0804 e. The van der Waals surface area contributed by atoms with Crippen LogP contribution in [0, 0.1) is 5.41 Å². The second kappa shape index (κ2) is 4.08. The van der Waals surface area contributed by atoms with Crippen molar-refractivity contribution in [2.75, 3.05) is 0 Å². The van der Waals surface area contributed by atoms with Crippen LogP contribution in [0.15, 0.2) is 47.6 Å². The molecule has 3 aliphatic rings. The van der Waals surface area contributed by atoms with Gasteiger partial charge in [-0.15, -0.1) is 0 Å². The summed E-state index contributed by atoms with van der Waals surface area (Å²) in [5.41, 5.74) is 3.59. The van der Waals surface area contributed by atoms with Crippen molar-refractivity contribution in [2.24, 2.45) is 5.41 Å². The molecule has 0 saturated heterocycles. The third kappa shape index (κ3) is 1.52. The molecule has 1 saturated carbocycles. The van der Waals surface area contributed by atoms with Crippen molar-refractivity contribution in [1.82, 2.24) is 0 Å². The van der Waals surface area contributed by atoms with Gasteiger partial charge in [0.05, 0.1) is 0 Å². The third-order valence-electron chi connectivity index (χ3n) is 4.35. The highest BCUT2D eigenvalue weighted by Gasteiger charge is 2.37. The summed E-state index contributed by atoms with van der Waals surface area (Å²) >= 11 is 0. The van der Waals surface area contributed by atoms with Gasteiger partial charge >= 0.3 is 0 Å². The van der Waals surface area contributed by atoms with Crippen molar-refractivity contribution < 1.29 is 0 Å². The van der Waals surface area contributed by atoms with E-state index in [2.05, 4.69) is 36.5 Å². The second-order valence-electron chi connectivity index (χ2n) is 5.24. The van der Waals surface area contributed by atoms with Crippen LogP contribution in [0.25, 0.3) is 0 Å². The molecule has 0 N–H and O–H groups in total. The Kier molecular flexibility index (Phi) is 2.59. The molecule has 0 bridgehead atoms. The zero-order valence-corrected chi connectivity index (χ0v) is 9.91. The van der Waals surface area contributed by atoms with E-state index in [-0.39, 0.29) is 0 Å². The SMILES string of the molecule is C1=CC(C2(C3=CCC=C3)CCCCC2)=CC1. The first kappa shape index (κ1) is 10.1. The lowest BCUT2D eigenvalue weighted by Gasteiger charge is -2.39. The number of hydrogen-bond donors (Lipinski definition) is 0. The Morgan fingerprint density at radius 1 is 0.750 bits per heavy atom. The number of allylic oxidation sites excluding steroid dienone is 8. The van der Waals surface area contributed by atoms with E-state index < -0.39 is 0 Å². The lowest BCUT2D eigenvalue weighted by atomic mass is 9.65. The second-order valence-corrected chi connectivity index (χ2v) is 5.24. The highest BCUT2D eigenvalue weighted by atomic mass is 14.4. The Morgan fingerprint density at radius 2 is 1.31 bits per heavy atom. The van der Waals surface area contributed by atoms with E-state index >= 15 is 0 Å². The van der Waals surface area contributed by atoms with Gasteiger partial charge in [-0.1, -0.05) is 55.7 Å². The lowest BCUT2D eigenvalue weighted by Crippen LogP contribution is -2.27. The topological polar surface area (TPSA) is 0 Å². The molecule has 16 heavy (non-hydrogen) atoms. The van der Waals surface area contributed by atoms with Gasteiger partial charge in [0, 0.05) is 5.41 Å². The molecule has 0 nitrogen and oxygen atoms in total. The van der Waals surface area contributed by atoms with Crippen LogP contribution in [0.2, 0.25) is 0 Å². The normalized spacial score (nSPS) is 27.0. The van der Waals surface area contributed by atoms with Crippen LogP contribution in [0.4, 0.5) is 0 Å². The highest BCUT2D eigenvalue weighted by molar-refractivity contribution is 5.46. The predicted octanol–water partition coefficient (Wildman–Crippen LogP) is 4.71. The van der Waals surface area contributed by atoms with Crippen LogP contribution in [-0.4, -0.2) is 0 Å². The molecule has 0 heterocycles. The molecule has 3 aliphatic carbocycles. The van der Waals surface area contributed by atoms with E-state index in [1.54, 1.807) is 11.1 Å². The summed E-state index contributed by atoms with van der Waals surface area (Å²) in [5, 5.41) is 0. The van der Waals surface area contributed by atoms with E-state index in [0.717, 1.165) is 12.8 Å². The fraction of sp³-hybridized carbons (Fsp3) is 0.500. The molecule has 1 fully saturated rings. The summed E-state index contributed by atoms with van der Waals surface area (Å²) < 4.78 is 0. The van der Waals surface area contributed by atoms with Crippen LogP contribution >= 0.6 is 0 Å². The monoisotopic (exact) mass is 212 g/mol. The summed E-state index contributed by atoms with van der Waals surface area (Å²) in [6, 6.07) is 0. The van der Waals surface area contributed by atoms with Gasteiger partial charge in [0.2, 0.25) is 0 Å². The summed E-state index contributed by atoms with van der Waals surface area (Å²) in [7, 11) is 0. The smallest absolute Gasteiger partial charge is 0.0196 e. The van der Waals surface area contributed by atoms with Crippen molar-refractivity contribution in [2.45, 2.75) is 44.9 Å². The Labute approximate surface area is 98.4 Å². The quantitative estimate of drug-likeness (QED) is 0.622. The molecule has 3 rings (SSSR count). The molecule has 0 aromatic carbocycles. The molecular formula is C16H20. The van der Waals surface area contributed by atoms with Gasteiger partial charge in [-0.2, -0.15) is 0 Å². The molecule has 0 radical (unpaired) electrons. The third-order valence-corrected chi connectivity index (χ3v) is 4.35. The van der Waals surface area contributed by atoms with Gasteiger partial charge < -0.3 is 0 Å². The maximum absolute atomic E-state index is 2.44. The summed E-state index contributed by atoms with van der Waals surface area (Å²) in [6.07, 6.45) is 23.5. The van der Waals surface area contributed by atoms with Gasteiger partial charge in [-0.05, 0) is 36.8 Å². The first-order valence-corrected chi connectivity index (χ1v) is 6.66. The average molecular weight is 212 g/mol. The van der Waals surface area contributed by atoms with Gasteiger partial charge in [0.25, 0.3) is 0 Å². The molecule has 0 aromatic heterocycles. The van der Waals surface area contributed by atoms with Crippen LogP contribution in [0.1, 0.15) is 44.9 Å². The van der Waals surface area contributed by atoms with Crippen molar-refractivity contribution in [3.63, 3.8) is 0 Å². The van der Waals surface area contributed by atoms with Crippen LogP contribution in [0.3, 0.4) is 0 Å². The Hall–Kier alpha value is -1.04. The zero-order valence-electron chi connectivity index (χ0n) is 9.91. The van der Waals surface area contributed by atoms with E-state index in [1.807, 2.05) is 0 Å². The summed E-state index contributed by atoms with van der Waals surface area (Å²) in [4.78, 5) is 0. The molecule has 0 amide bonds. The van der Waals surface area contributed by atoms with Crippen LogP contribution < -0.4 is 0 Å². The largest absolute Gasteiger partial charge is 0.0804 e. The van der Waals surface area contributed by atoms with Gasteiger partial charge in [0.1, 0.15) is 0 Å². The lowest BCUT2D eigenvalue weighted by molar-refractivity contribution is 0.301. The molecule has 0 aliphatic heterocycles. The van der Waals surface area contributed by atoms with E-state index in [1.165, 1.54) is 32.1 Å². The van der Waals surface area contributed by atoms with E-state index in [0.29, 0.717) is 5.41 Å². The first-order valence-electron chi connectivity index (χ1n) is 6.66.